The van der Waals surface area contributed by atoms with Crippen molar-refractivity contribution in [1.29, 1.82) is 0 Å². The number of hydrogen-bond donors (Lipinski definition) is 1. The molecule has 1 fully saturated rings. The summed E-state index contributed by atoms with van der Waals surface area (Å²) < 4.78 is 19.7. The first kappa shape index (κ1) is 16.3. The van der Waals surface area contributed by atoms with Gasteiger partial charge in [0.1, 0.15) is 0 Å². The maximum atomic E-state index is 14.6. The molecular formula is C18H28FNO. The highest BCUT2D eigenvalue weighted by Crippen LogP contribution is 2.43. The van der Waals surface area contributed by atoms with Crippen LogP contribution in [0.1, 0.15) is 58.4 Å². The molecule has 21 heavy (non-hydrogen) atoms. The van der Waals surface area contributed by atoms with E-state index < -0.39 is 5.54 Å². The average molecular weight is 293 g/mol. The molecule has 1 saturated carbocycles. The third kappa shape index (κ3) is 3.39. The SMILES string of the molecule is COc1cccc(C2(N)CCCC(C(C)(C)C)CC2)c1F. The Morgan fingerprint density at radius 3 is 2.57 bits per heavy atom. The van der Waals surface area contributed by atoms with Gasteiger partial charge in [-0.05, 0) is 43.1 Å². The first-order valence-electron chi connectivity index (χ1n) is 7.90. The number of halogens is 1. The molecule has 0 aromatic heterocycles. The molecule has 0 bridgehead atoms. The molecule has 0 spiro atoms. The Hall–Kier alpha value is -1.09. The summed E-state index contributed by atoms with van der Waals surface area (Å²) in [5.74, 6) is 0.641. The second kappa shape index (κ2) is 5.96. The lowest BCUT2D eigenvalue weighted by Crippen LogP contribution is -2.37. The van der Waals surface area contributed by atoms with Crippen LogP contribution in [0.15, 0.2) is 18.2 Å². The fraction of sp³-hybridized carbons (Fsp3) is 0.667. The molecular weight excluding hydrogens is 265 g/mol. The molecule has 0 radical (unpaired) electrons. The van der Waals surface area contributed by atoms with Crippen LogP contribution in [0.2, 0.25) is 0 Å². The molecule has 2 atom stereocenters. The normalized spacial score (nSPS) is 27.2. The molecule has 0 heterocycles. The Kier molecular flexibility index (Phi) is 4.62. The highest BCUT2D eigenvalue weighted by atomic mass is 19.1. The van der Waals surface area contributed by atoms with Gasteiger partial charge in [0.05, 0.1) is 7.11 Å². The highest BCUT2D eigenvalue weighted by Gasteiger charge is 2.36. The zero-order chi connectivity index (χ0) is 15.7. The summed E-state index contributed by atoms with van der Waals surface area (Å²) in [4.78, 5) is 0. The summed E-state index contributed by atoms with van der Waals surface area (Å²) in [5, 5.41) is 0. The number of nitrogens with two attached hydrogens (primary N) is 1. The van der Waals surface area contributed by atoms with Gasteiger partial charge in [-0.3, -0.25) is 0 Å². The van der Waals surface area contributed by atoms with E-state index in [2.05, 4.69) is 20.8 Å². The van der Waals surface area contributed by atoms with Crippen molar-refractivity contribution >= 4 is 0 Å². The number of methoxy groups -OCH3 is 1. The second-order valence-corrected chi connectivity index (χ2v) is 7.47. The van der Waals surface area contributed by atoms with Crippen LogP contribution >= 0.6 is 0 Å². The Bertz CT molecular complexity index is 494. The summed E-state index contributed by atoms with van der Waals surface area (Å²) in [7, 11) is 1.49. The minimum absolute atomic E-state index is 0.286. The number of benzene rings is 1. The molecule has 0 amide bonds. The van der Waals surface area contributed by atoms with Gasteiger partial charge < -0.3 is 10.5 Å². The van der Waals surface area contributed by atoms with E-state index in [0.717, 1.165) is 25.7 Å². The predicted octanol–water partition coefficient (Wildman–Crippen LogP) is 4.61. The molecule has 0 saturated heterocycles. The van der Waals surface area contributed by atoms with E-state index in [1.807, 2.05) is 12.1 Å². The summed E-state index contributed by atoms with van der Waals surface area (Å²) in [6.07, 6.45) is 4.95. The average Bonchev–Trinajstić information content (AvgIpc) is 2.61. The zero-order valence-electron chi connectivity index (χ0n) is 13.7. The van der Waals surface area contributed by atoms with E-state index in [0.29, 0.717) is 11.5 Å². The first-order valence-corrected chi connectivity index (χ1v) is 7.90. The van der Waals surface area contributed by atoms with Crippen molar-refractivity contribution in [2.24, 2.45) is 17.1 Å². The maximum Gasteiger partial charge on any atom is 0.170 e. The minimum atomic E-state index is -0.571. The highest BCUT2D eigenvalue weighted by molar-refractivity contribution is 5.35. The zero-order valence-corrected chi connectivity index (χ0v) is 13.7. The van der Waals surface area contributed by atoms with Crippen molar-refractivity contribution in [2.75, 3.05) is 7.11 Å². The third-order valence-electron chi connectivity index (χ3n) is 5.06. The van der Waals surface area contributed by atoms with Crippen LogP contribution in [-0.4, -0.2) is 7.11 Å². The molecule has 2 N–H and O–H groups in total. The standard InChI is InChI=1S/C18H28FNO/c1-17(2,3)13-7-6-11-18(20,12-10-13)14-8-5-9-15(21-4)16(14)19/h5,8-9,13H,6-7,10-12,20H2,1-4H3. The van der Waals surface area contributed by atoms with Gasteiger partial charge in [0.15, 0.2) is 11.6 Å². The summed E-state index contributed by atoms with van der Waals surface area (Å²) in [6, 6.07) is 5.30. The van der Waals surface area contributed by atoms with Crippen molar-refractivity contribution in [3.8, 4) is 5.75 Å². The summed E-state index contributed by atoms with van der Waals surface area (Å²) in [5.41, 5.74) is 6.94. The number of ether oxygens (including phenoxy) is 1. The van der Waals surface area contributed by atoms with Crippen LogP contribution < -0.4 is 10.5 Å². The van der Waals surface area contributed by atoms with Crippen LogP contribution in [0.5, 0.6) is 5.75 Å². The maximum absolute atomic E-state index is 14.6. The van der Waals surface area contributed by atoms with Crippen molar-refractivity contribution in [2.45, 2.75) is 58.4 Å². The van der Waals surface area contributed by atoms with Gasteiger partial charge in [0.25, 0.3) is 0 Å². The second-order valence-electron chi connectivity index (χ2n) is 7.47. The topological polar surface area (TPSA) is 35.2 Å². The van der Waals surface area contributed by atoms with Gasteiger partial charge >= 0.3 is 0 Å². The molecule has 1 aliphatic rings. The summed E-state index contributed by atoms with van der Waals surface area (Å²) in [6.45, 7) is 6.86. The Balaban J connectivity index is 2.27. The van der Waals surface area contributed by atoms with E-state index in [-0.39, 0.29) is 17.0 Å². The Morgan fingerprint density at radius 1 is 1.24 bits per heavy atom. The molecule has 0 aliphatic heterocycles. The van der Waals surface area contributed by atoms with Crippen LogP contribution in [0.25, 0.3) is 0 Å². The third-order valence-corrected chi connectivity index (χ3v) is 5.06. The lowest BCUT2D eigenvalue weighted by Gasteiger charge is -2.32. The van der Waals surface area contributed by atoms with E-state index in [1.54, 1.807) is 6.07 Å². The Labute approximate surface area is 127 Å². The minimum Gasteiger partial charge on any atom is -0.494 e. The fourth-order valence-electron chi connectivity index (χ4n) is 3.55. The van der Waals surface area contributed by atoms with Crippen LogP contribution in [0, 0.1) is 17.2 Å². The van der Waals surface area contributed by atoms with Crippen molar-refractivity contribution in [1.82, 2.24) is 0 Å². The monoisotopic (exact) mass is 293 g/mol. The van der Waals surface area contributed by atoms with Crippen LogP contribution in [0.4, 0.5) is 4.39 Å². The summed E-state index contributed by atoms with van der Waals surface area (Å²) >= 11 is 0. The van der Waals surface area contributed by atoms with Gasteiger partial charge in [-0.15, -0.1) is 0 Å². The molecule has 3 heteroatoms. The molecule has 2 nitrogen and oxygen atoms in total. The van der Waals surface area contributed by atoms with Crippen LogP contribution in [-0.2, 0) is 5.54 Å². The van der Waals surface area contributed by atoms with Crippen LogP contribution in [0.3, 0.4) is 0 Å². The van der Waals surface area contributed by atoms with Gasteiger partial charge in [0.2, 0.25) is 0 Å². The van der Waals surface area contributed by atoms with E-state index in [4.69, 9.17) is 10.5 Å². The quantitative estimate of drug-likeness (QED) is 0.808. The van der Waals surface area contributed by atoms with Crippen molar-refractivity contribution < 1.29 is 9.13 Å². The van der Waals surface area contributed by atoms with E-state index in [1.165, 1.54) is 13.5 Å². The molecule has 118 valence electrons. The lowest BCUT2D eigenvalue weighted by atomic mass is 9.75. The Morgan fingerprint density at radius 2 is 1.95 bits per heavy atom. The van der Waals surface area contributed by atoms with Gasteiger partial charge in [0, 0.05) is 11.1 Å². The number of hydrogen-bond acceptors (Lipinski definition) is 2. The van der Waals surface area contributed by atoms with Gasteiger partial charge in [-0.2, -0.15) is 0 Å². The van der Waals surface area contributed by atoms with Gasteiger partial charge in [-0.25, -0.2) is 4.39 Å². The fourth-order valence-corrected chi connectivity index (χ4v) is 3.55. The molecule has 2 rings (SSSR count). The molecule has 1 aromatic rings. The largest absolute Gasteiger partial charge is 0.494 e. The van der Waals surface area contributed by atoms with Crippen molar-refractivity contribution in [3.05, 3.63) is 29.6 Å². The van der Waals surface area contributed by atoms with E-state index in [9.17, 15) is 4.39 Å². The lowest BCUT2D eigenvalue weighted by molar-refractivity contribution is 0.210. The predicted molar refractivity (Wildman–Crippen MR) is 84.8 cm³/mol. The molecule has 1 aliphatic carbocycles. The number of rotatable bonds is 2. The smallest absolute Gasteiger partial charge is 0.170 e. The van der Waals surface area contributed by atoms with E-state index >= 15 is 0 Å². The van der Waals surface area contributed by atoms with Crippen molar-refractivity contribution in [3.63, 3.8) is 0 Å². The van der Waals surface area contributed by atoms with Gasteiger partial charge in [-0.1, -0.05) is 39.3 Å². The molecule has 2 unspecified atom stereocenters. The molecule has 1 aromatic carbocycles. The first-order chi connectivity index (χ1) is 9.78.